The molecule has 1 aliphatic carbocycles. The first-order valence-electron chi connectivity index (χ1n) is 7.23. The summed E-state index contributed by atoms with van der Waals surface area (Å²) in [7, 11) is 0. The highest BCUT2D eigenvalue weighted by Crippen LogP contribution is 2.40. The summed E-state index contributed by atoms with van der Waals surface area (Å²) in [5, 5.41) is 0. The maximum Gasteiger partial charge on any atom is 0.310 e. The minimum atomic E-state index is -0.456. The third kappa shape index (κ3) is 4.95. The summed E-state index contributed by atoms with van der Waals surface area (Å²) in [6, 6.07) is 0. The maximum atomic E-state index is 11.7. The number of esters is 1. The van der Waals surface area contributed by atoms with Crippen LogP contribution in [0, 0.1) is 5.41 Å². The Balaban J connectivity index is 2.75. The van der Waals surface area contributed by atoms with Crippen LogP contribution in [-0.4, -0.2) is 17.9 Å². The third-order valence-corrected chi connectivity index (χ3v) is 3.45. The van der Waals surface area contributed by atoms with E-state index in [1.165, 1.54) is 0 Å². The van der Waals surface area contributed by atoms with Gasteiger partial charge in [0.15, 0.2) is 0 Å². The number of hydrogen-bond donors (Lipinski definition) is 0. The average Bonchev–Trinajstić information content (AvgIpc) is 2.28. The SMILES string of the molecule is CC(C)(C)OC(=O)C/C=C/C1=C(C=O)CCCC1(C)C. The summed E-state index contributed by atoms with van der Waals surface area (Å²) in [6.45, 7) is 9.84. The molecule has 0 aromatic carbocycles. The lowest BCUT2D eigenvalue weighted by Crippen LogP contribution is -2.23. The van der Waals surface area contributed by atoms with Crippen molar-refractivity contribution in [1.82, 2.24) is 0 Å². The number of aldehydes is 1. The van der Waals surface area contributed by atoms with E-state index < -0.39 is 5.60 Å². The van der Waals surface area contributed by atoms with E-state index in [1.807, 2.05) is 26.8 Å². The van der Waals surface area contributed by atoms with E-state index in [4.69, 9.17) is 4.74 Å². The van der Waals surface area contributed by atoms with Gasteiger partial charge in [0.1, 0.15) is 11.9 Å². The van der Waals surface area contributed by atoms with Crippen molar-refractivity contribution >= 4 is 12.3 Å². The Morgan fingerprint density at radius 1 is 1.35 bits per heavy atom. The molecule has 0 fully saturated rings. The van der Waals surface area contributed by atoms with Gasteiger partial charge in [-0.3, -0.25) is 9.59 Å². The number of carbonyl (C=O) groups is 2. The minimum Gasteiger partial charge on any atom is -0.460 e. The Labute approximate surface area is 122 Å². The van der Waals surface area contributed by atoms with E-state index >= 15 is 0 Å². The van der Waals surface area contributed by atoms with Gasteiger partial charge in [0.2, 0.25) is 0 Å². The van der Waals surface area contributed by atoms with Crippen LogP contribution in [0.3, 0.4) is 0 Å². The lowest BCUT2D eigenvalue weighted by Gasteiger charge is -2.32. The second-order valence-electron chi connectivity index (χ2n) is 6.99. The molecule has 3 heteroatoms. The first-order valence-corrected chi connectivity index (χ1v) is 7.23. The summed E-state index contributed by atoms with van der Waals surface area (Å²) >= 11 is 0. The lowest BCUT2D eigenvalue weighted by molar-refractivity contribution is -0.153. The van der Waals surface area contributed by atoms with E-state index in [2.05, 4.69) is 13.8 Å². The molecule has 20 heavy (non-hydrogen) atoms. The van der Waals surface area contributed by atoms with Gasteiger partial charge in [0.05, 0.1) is 6.42 Å². The van der Waals surface area contributed by atoms with Crippen LogP contribution < -0.4 is 0 Å². The molecule has 0 saturated heterocycles. The summed E-state index contributed by atoms with van der Waals surface area (Å²) in [4.78, 5) is 22.8. The molecular formula is C17H26O3. The molecule has 1 rings (SSSR count). The van der Waals surface area contributed by atoms with E-state index in [-0.39, 0.29) is 17.8 Å². The van der Waals surface area contributed by atoms with Crippen molar-refractivity contribution in [2.45, 2.75) is 65.9 Å². The summed E-state index contributed by atoms with van der Waals surface area (Å²) in [5.74, 6) is -0.240. The highest BCUT2D eigenvalue weighted by atomic mass is 16.6. The second kappa shape index (κ2) is 6.38. The molecule has 0 aliphatic heterocycles. The molecule has 0 unspecified atom stereocenters. The molecule has 0 saturated carbocycles. The van der Waals surface area contributed by atoms with Crippen molar-refractivity contribution in [3.8, 4) is 0 Å². The number of hydrogen-bond acceptors (Lipinski definition) is 3. The standard InChI is InChI=1S/C17H26O3/c1-16(2,3)20-15(19)10-6-9-14-13(12-18)8-7-11-17(14,4)5/h6,9,12H,7-8,10-11H2,1-5H3/b9-6+. The molecule has 1 aliphatic rings. The lowest BCUT2D eigenvalue weighted by atomic mass is 9.72. The molecule has 0 bridgehead atoms. The van der Waals surface area contributed by atoms with E-state index in [1.54, 1.807) is 6.08 Å². The van der Waals surface area contributed by atoms with Gasteiger partial charge >= 0.3 is 5.97 Å². The van der Waals surface area contributed by atoms with Crippen molar-refractivity contribution < 1.29 is 14.3 Å². The Hall–Kier alpha value is -1.38. The van der Waals surface area contributed by atoms with Crippen LogP contribution in [0.2, 0.25) is 0 Å². The zero-order chi connectivity index (χ0) is 15.4. The Kier molecular flexibility index (Phi) is 5.32. The highest BCUT2D eigenvalue weighted by Gasteiger charge is 2.28. The van der Waals surface area contributed by atoms with E-state index in [0.717, 1.165) is 36.7 Å². The quantitative estimate of drug-likeness (QED) is 0.577. The molecule has 0 aromatic rings. The van der Waals surface area contributed by atoms with Crippen LogP contribution in [0.5, 0.6) is 0 Å². The molecule has 0 N–H and O–H groups in total. The van der Waals surface area contributed by atoms with Crippen LogP contribution in [0.1, 0.15) is 60.3 Å². The molecule has 0 aromatic heterocycles. The third-order valence-electron chi connectivity index (χ3n) is 3.45. The number of ether oxygens (including phenoxy) is 1. The van der Waals surface area contributed by atoms with Gasteiger partial charge in [-0.15, -0.1) is 0 Å². The van der Waals surface area contributed by atoms with Gasteiger partial charge < -0.3 is 4.74 Å². The topological polar surface area (TPSA) is 43.4 Å². The maximum absolute atomic E-state index is 11.7. The minimum absolute atomic E-state index is 0.00107. The van der Waals surface area contributed by atoms with Crippen molar-refractivity contribution in [1.29, 1.82) is 0 Å². The number of carbonyl (C=O) groups excluding carboxylic acids is 2. The predicted molar refractivity (Wildman–Crippen MR) is 80.3 cm³/mol. The monoisotopic (exact) mass is 278 g/mol. The van der Waals surface area contributed by atoms with E-state index in [9.17, 15) is 9.59 Å². The van der Waals surface area contributed by atoms with Crippen molar-refractivity contribution in [2.24, 2.45) is 5.41 Å². The van der Waals surface area contributed by atoms with Crippen LogP contribution in [0.15, 0.2) is 23.3 Å². The first-order chi connectivity index (χ1) is 9.15. The van der Waals surface area contributed by atoms with Gasteiger partial charge in [-0.05, 0) is 56.6 Å². The first kappa shape index (κ1) is 16.7. The van der Waals surface area contributed by atoms with Crippen molar-refractivity contribution in [3.63, 3.8) is 0 Å². The fourth-order valence-corrected chi connectivity index (χ4v) is 2.54. The highest BCUT2D eigenvalue weighted by molar-refractivity contribution is 5.77. The number of allylic oxidation sites excluding steroid dienone is 3. The predicted octanol–water partition coefficient (Wildman–Crippen LogP) is 3.98. The molecule has 0 amide bonds. The Bertz CT molecular complexity index is 434. The van der Waals surface area contributed by atoms with Crippen molar-refractivity contribution in [2.75, 3.05) is 0 Å². The molecule has 0 atom stereocenters. The van der Waals surface area contributed by atoms with Gasteiger partial charge in [-0.2, -0.15) is 0 Å². The molecule has 0 spiro atoms. The van der Waals surface area contributed by atoms with Crippen LogP contribution in [-0.2, 0) is 14.3 Å². The smallest absolute Gasteiger partial charge is 0.310 e. The van der Waals surface area contributed by atoms with E-state index in [0.29, 0.717) is 0 Å². The molecule has 0 heterocycles. The fourth-order valence-electron chi connectivity index (χ4n) is 2.54. The van der Waals surface area contributed by atoms with Crippen molar-refractivity contribution in [3.05, 3.63) is 23.3 Å². The Morgan fingerprint density at radius 2 is 2.00 bits per heavy atom. The number of rotatable bonds is 4. The average molecular weight is 278 g/mol. The zero-order valence-corrected chi connectivity index (χ0v) is 13.3. The molecule has 0 radical (unpaired) electrons. The van der Waals surface area contributed by atoms with Crippen LogP contribution in [0.4, 0.5) is 0 Å². The fraction of sp³-hybridized carbons (Fsp3) is 0.647. The zero-order valence-electron chi connectivity index (χ0n) is 13.3. The van der Waals surface area contributed by atoms with Gasteiger partial charge in [0, 0.05) is 0 Å². The largest absolute Gasteiger partial charge is 0.460 e. The molecular weight excluding hydrogens is 252 g/mol. The summed E-state index contributed by atoms with van der Waals surface area (Å²) in [5.41, 5.74) is 1.46. The molecule has 112 valence electrons. The Morgan fingerprint density at radius 3 is 2.55 bits per heavy atom. The van der Waals surface area contributed by atoms with Crippen LogP contribution in [0.25, 0.3) is 0 Å². The molecule has 3 nitrogen and oxygen atoms in total. The van der Waals surface area contributed by atoms with Gasteiger partial charge in [-0.1, -0.05) is 26.0 Å². The summed E-state index contributed by atoms with van der Waals surface area (Å²) in [6.07, 6.45) is 7.86. The van der Waals surface area contributed by atoms with Gasteiger partial charge in [-0.25, -0.2) is 0 Å². The van der Waals surface area contributed by atoms with Crippen LogP contribution >= 0.6 is 0 Å². The van der Waals surface area contributed by atoms with Gasteiger partial charge in [0.25, 0.3) is 0 Å². The normalized spacial score (nSPS) is 19.2. The summed E-state index contributed by atoms with van der Waals surface area (Å²) < 4.78 is 5.26. The second-order valence-corrected chi connectivity index (χ2v) is 6.99.